The largest absolute Gasteiger partial charge is 0.333 e. The molecule has 1 saturated heterocycles. The Kier molecular flexibility index (Phi) is 3.37. The Morgan fingerprint density at radius 2 is 2.17 bits per heavy atom. The summed E-state index contributed by atoms with van der Waals surface area (Å²) in [6, 6.07) is 4.64. The lowest BCUT2D eigenvalue weighted by atomic mass is 10.1. The van der Waals surface area contributed by atoms with Crippen molar-refractivity contribution in [1.82, 2.24) is 19.9 Å². The van der Waals surface area contributed by atoms with Gasteiger partial charge in [0.05, 0.1) is 12.0 Å². The molecule has 0 amide bonds. The van der Waals surface area contributed by atoms with Crippen LogP contribution in [-0.4, -0.2) is 21.1 Å². The third kappa shape index (κ3) is 2.43. The number of nitrogens with one attached hydrogen (secondary N) is 1. The highest BCUT2D eigenvalue weighted by Gasteiger charge is 2.19. The molecular weight excluding hydrogens is 224 g/mol. The second kappa shape index (κ2) is 5.31. The van der Waals surface area contributed by atoms with Gasteiger partial charge >= 0.3 is 0 Å². The molecule has 0 aromatic carbocycles. The number of rotatable bonds is 4. The predicted molar refractivity (Wildman–Crippen MR) is 70.1 cm³/mol. The monoisotopic (exact) mass is 242 g/mol. The minimum Gasteiger partial charge on any atom is -0.333 e. The van der Waals surface area contributed by atoms with Gasteiger partial charge in [-0.25, -0.2) is 4.98 Å². The van der Waals surface area contributed by atoms with Crippen LogP contribution in [0.15, 0.2) is 37.1 Å². The molecule has 0 saturated carbocycles. The maximum absolute atomic E-state index is 4.29. The van der Waals surface area contributed by atoms with Crippen LogP contribution in [0.3, 0.4) is 0 Å². The Morgan fingerprint density at radius 3 is 2.94 bits per heavy atom. The first-order valence-electron chi connectivity index (χ1n) is 6.56. The third-order valence-corrected chi connectivity index (χ3v) is 3.55. The Balaban J connectivity index is 1.68. The Hall–Kier alpha value is -1.68. The van der Waals surface area contributed by atoms with E-state index >= 15 is 0 Å². The molecule has 3 heterocycles. The smallest absolute Gasteiger partial charge is 0.0948 e. The number of nitrogens with zero attached hydrogens (tertiary/aromatic N) is 3. The first-order valence-corrected chi connectivity index (χ1v) is 6.56. The maximum atomic E-state index is 4.29. The average Bonchev–Trinajstić information content (AvgIpc) is 3.08. The minimum atomic E-state index is 0.491. The summed E-state index contributed by atoms with van der Waals surface area (Å²) in [4.78, 5) is 8.33. The highest BCUT2D eigenvalue weighted by Crippen LogP contribution is 2.22. The van der Waals surface area contributed by atoms with Crippen molar-refractivity contribution < 1.29 is 0 Å². The van der Waals surface area contributed by atoms with E-state index < -0.39 is 0 Å². The Labute approximate surface area is 107 Å². The van der Waals surface area contributed by atoms with E-state index in [0.717, 1.165) is 19.5 Å². The van der Waals surface area contributed by atoms with E-state index in [1.54, 1.807) is 0 Å². The number of imidazole rings is 1. The summed E-state index contributed by atoms with van der Waals surface area (Å²) in [5.41, 5.74) is 2.64. The van der Waals surface area contributed by atoms with Crippen LogP contribution in [0.25, 0.3) is 0 Å². The maximum Gasteiger partial charge on any atom is 0.0948 e. The Morgan fingerprint density at radius 1 is 1.28 bits per heavy atom. The molecule has 0 bridgehead atoms. The molecule has 0 unspecified atom stereocenters. The number of hydrogen-bond donors (Lipinski definition) is 1. The summed E-state index contributed by atoms with van der Waals surface area (Å²) < 4.78 is 2.27. The molecule has 3 rings (SSSR count). The topological polar surface area (TPSA) is 42.7 Å². The summed E-state index contributed by atoms with van der Waals surface area (Å²) in [5, 5.41) is 3.53. The fourth-order valence-corrected chi connectivity index (χ4v) is 2.54. The summed E-state index contributed by atoms with van der Waals surface area (Å²) >= 11 is 0. The molecule has 0 spiro atoms. The van der Waals surface area contributed by atoms with Crippen LogP contribution in [0.2, 0.25) is 0 Å². The molecule has 4 heteroatoms. The molecule has 18 heavy (non-hydrogen) atoms. The van der Waals surface area contributed by atoms with Crippen LogP contribution < -0.4 is 5.32 Å². The molecule has 2 aromatic rings. The van der Waals surface area contributed by atoms with Gasteiger partial charge in [-0.05, 0) is 43.5 Å². The summed E-state index contributed by atoms with van der Waals surface area (Å²) in [6.45, 7) is 2.11. The first kappa shape index (κ1) is 11.4. The zero-order chi connectivity index (χ0) is 12.2. The van der Waals surface area contributed by atoms with Gasteiger partial charge < -0.3 is 9.88 Å². The van der Waals surface area contributed by atoms with Gasteiger partial charge in [-0.2, -0.15) is 0 Å². The van der Waals surface area contributed by atoms with Gasteiger partial charge in [0, 0.05) is 31.2 Å². The number of hydrogen-bond acceptors (Lipinski definition) is 3. The van der Waals surface area contributed by atoms with Crippen LogP contribution in [-0.2, 0) is 13.0 Å². The second-order valence-corrected chi connectivity index (χ2v) is 4.77. The molecule has 1 aliphatic rings. The summed E-state index contributed by atoms with van der Waals surface area (Å²) in [6.07, 6.45) is 11.1. The lowest BCUT2D eigenvalue weighted by molar-refractivity contribution is 0.563. The average molecular weight is 242 g/mol. The van der Waals surface area contributed by atoms with E-state index in [1.807, 2.05) is 24.9 Å². The SMILES string of the molecule is c1cc(CCn2cncc2[C@@H]2CCCN2)ccn1. The van der Waals surface area contributed by atoms with Gasteiger partial charge in [0.25, 0.3) is 0 Å². The second-order valence-electron chi connectivity index (χ2n) is 4.77. The van der Waals surface area contributed by atoms with E-state index in [-0.39, 0.29) is 0 Å². The van der Waals surface area contributed by atoms with Crippen molar-refractivity contribution in [3.63, 3.8) is 0 Å². The number of aryl methyl sites for hydroxylation is 2. The van der Waals surface area contributed by atoms with E-state index in [2.05, 4.69) is 32.0 Å². The van der Waals surface area contributed by atoms with Gasteiger partial charge in [0.1, 0.15) is 0 Å². The van der Waals surface area contributed by atoms with Gasteiger partial charge in [0.15, 0.2) is 0 Å². The van der Waals surface area contributed by atoms with Crippen molar-refractivity contribution in [3.8, 4) is 0 Å². The quantitative estimate of drug-likeness (QED) is 0.891. The van der Waals surface area contributed by atoms with Crippen molar-refractivity contribution in [2.45, 2.75) is 31.8 Å². The molecule has 4 nitrogen and oxygen atoms in total. The zero-order valence-electron chi connectivity index (χ0n) is 10.4. The lowest BCUT2D eigenvalue weighted by Gasteiger charge is -2.13. The van der Waals surface area contributed by atoms with Crippen LogP contribution in [0.4, 0.5) is 0 Å². The van der Waals surface area contributed by atoms with E-state index in [4.69, 9.17) is 0 Å². The fourth-order valence-electron chi connectivity index (χ4n) is 2.54. The Bertz CT molecular complexity index is 486. The molecule has 1 aliphatic heterocycles. The highest BCUT2D eigenvalue weighted by atomic mass is 15.1. The first-order chi connectivity index (χ1) is 8.93. The van der Waals surface area contributed by atoms with E-state index in [9.17, 15) is 0 Å². The van der Waals surface area contributed by atoms with E-state index in [1.165, 1.54) is 24.1 Å². The lowest BCUT2D eigenvalue weighted by Crippen LogP contribution is -2.17. The van der Waals surface area contributed by atoms with Crippen molar-refractivity contribution in [1.29, 1.82) is 0 Å². The van der Waals surface area contributed by atoms with Crippen molar-refractivity contribution in [2.75, 3.05) is 6.54 Å². The molecule has 1 N–H and O–H groups in total. The van der Waals surface area contributed by atoms with Crippen LogP contribution in [0.1, 0.15) is 30.1 Å². The highest BCUT2D eigenvalue weighted by molar-refractivity contribution is 5.11. The minimum absolute atomic E-state index is 0.491. The molecule has 0 aliphatic carbocycles. The molecular formula is C14H18N4. The third-order valence-electron chi connectivity index (χ3n) is 3.55. The predicted octanol–water partition coefficient (Wildman–Crippen LogP) is 1.95. The molecule has 0 radical (unpaired) electrons. The molecule has 2 aromatic heterocycles. The normalized spacial score (nSPS) is 19.2. The standard InChI is InChI=1S/C14H18N4/c1-2-13(17-6-1)14-10-16-11-18(14)9-5-12-3-7-15-8-4-12/h3-4,7-8,10-11,13,17H,1-2,5-6,9H2/t13-/m0/s1. The molecule has 1 fully saturated rings. The molecule has 1 atom stereocenters. The van der Waals surface area contributed by atoms with Crippen LogP contribution in [0.5, 0.6) is 0 Å². The van der Waals surface area contributed by atoms with Gasteiger partial charge in [-0.1, -0.05) is 0 Å². The summed E-state index contributed by atoms with van der Waals surface area (Å²) in [7, 11) is 0. The summed E-state index contributed by atoms with van der Waals surface area (Å²) in [5.74, 6) is 0. The van der Waals surface area contributed by atoms with Gasteiger partial charge in [-0.3, -0.25) is 4.98 Å². The molecule has 94 valence electrons. The van der Waals surface area contributed by atoms with Gasteiger partial charge in [0.2, 0.25) is 0 Å². The van der Waals surface area contributed by atoms with Crippen LogP contribution >= 0.6 is 0 Å². The number of pyridine rings is 1. The fraction of sp³-hybridized carbons (Fsp3) is 0.429. The van der Waals surface area contributed by atoms with E-state index in [0.29, 0.717) is 6.04 Å². The zero-order valence-corrected chi connectivity index (χ0v) is 10.4. The number of aromatic nitrogens is 3. The van der Waals surface area contributed by atoms with Crippen molar-refractivity contribution >= 4 is 0 Å². The van der Waals surface area contributed by atoms with Crippen LogP contribution in [0, 0.1) is 0 Å². The van der Waals surface area contributed by atoms with Gasteiger partial charge in [-0.15, -0.1) is 0 Å². The van der Waals surface area contributed by atoms with Crippen molar-refractivity contribution in [2.24, 2.45) is 0 Å². The van der Waals surface area contributed by atoms with Crippen molar-refractivity contribution in [3.05, 3.63) is 48.3 Å².